The molecule has 0 bridgehead atoms. The molecule has 0 unspecified atom stereocenters. The molecular formula is C14H14BrNO3. The van der Waals surface area contributed by atoms with Gasteiger partial charge in [0.15, 0.2) is 5.69 Å². The van der Waals surface area contributed by atoms with Gasteiger partial charge in [0.2, 0.25) is 0 Å². The van der Waals surface area contributed by atoms with Gasteiger partial charge in [0.1, 0.15) is 5.75 Å². The molecule has 0 amide bonds. The number of esters is 1. The molecule has 1 heterocycles. The van der Waals surface area contributed by atoms with Crippen LogP contribution in [-0.4, -0.2) is 24.7 Å². The first kappa shape index (κ1) is 13.8. The summed E-state index contributed by atoms with van der Waals surface area (Å²) in [5.41, 5.74) is 1.95. The van der Waals surface area contributed by atoms with Gasteiger partial charge in [0, 0.05) is 15.9 Å². The molecule has 4 nitrogen and oxygen atoms in total. The Hall–Kier alpha value is -1.62. The minimum Gasteiger partial charge on any atom is -0.493 e. The number of benzene rings is 1. The molecular weight excluding hydrogens is 310 g/mol. The van der Waals surface area contributed by atoms with E-state index < -0.39 is 5.97 Å². The third-order valence-electron chi connectivity index (χ3n) is 2.82. The van der Waals surface area contributed by atoms with Crippen LogP contribution >= 0.6 is 15.9 Å². The van der Waals surface area contributed by atoms with Crippen LogP contribution < -0.4 is 4.74 Å². The molecule has 0 aliphatic rings. The van der Waals surface area contributed by atoms with Gasteiger partial charge in [-0.2, -0.15) is 0 Å². The summed E-state index contributed by atoms with van der Waals surface area (Å²) in [6.07, 6.45) is 0. The Morgan fingerprint density at radius 2 is 2.16 bits per heavy atom. The zero-order valence-electron chi connectivity index (χ0n) is 11.0. The maximum Gasteiger partial charge on any atom is 0.356 e. The summed E-state index contributed by atoms with van der Waals surface area (Å²) in [7, 11) is 1.34. The molecule has 0 aliphatic heterocycles. The van der Waals surface area contributed by atoms with Crippen molar-refractivity contribution in [3.63, 3.8) is 0 Å². The van der Waals surface area contributed by atoms with E-state index in [0.717, 1.165) is 20.9 Å². The highest BCUT2D eigenvalue weighted by Gasteiger charge is 2.15. The molecule has 0 fully saturated rings. The topological polar surface area (TPSA) is 48.4 Å². The van der Waals surface area contributed by atoms with Gasteiger partial charge in [0.05, 0.1) is 19.2 Å². The van der Waals surface area contributed by atoms with E-state index in [1.807, 2.05) is 26.0 Å². The van der Waals surface area contributed by atoms with Gasteiger partial charge in [-0.25, -0.2) is 9.78 Å². The molecule has 2 aromatic rings. The number of fused-ring (bicyclic) bond motifs is 1. The summed E-state index contributed by atoms with van der Waals surface area (Å²) >= 11 is 3.46. The Morgan fingerprint density at radius 1 is 1.42 bits per heavy atom. The van der Waals surface area contributed by atoms with E-state index in [4.69, 9.17) is 9.47 Å². The number of hydrogen-bond acceptors (Lipinski definition) is 4. The maximum atomic E-state index is 11.7. The molecule has 2 rings (SSSR count). The summed E-state index contributed by atoms with van der Waals surface area (Å²) in [6.45, 7) is 4.36. The molecule has 0 N–H and O–H groups in total. The lowest BCUT2D eigenvalue weighted by molar-refractivity contribution is 0.0594. The monoisotopic (exact) mass is 323 g/mol. The van der Waals surface area contributed by atoms with Crippen LogP contribution in [0.3, 0.4) is 0 Å². The number of ether oxygens (including phenoxy) is 2. The van der Waals surface area contributed by atoms with Crippen molar-refractivity contribution in [2.45, 2.75) is 13.8 Å². The first-order valence-corrected chi connectivity index (χ1v) is 6.68. The van der Waals surface area contributed by atoms with Gasteiger partial charge < -0.3 is 9.47 Å². The molecule has 19 heavy (non-hydrogen) atoms. The van der Waals surface area contributed by atoms with Crippen LogP contribution in [0.5, 0.6) is 5.75 Å². The fourth-order valence-corrected chi connectivity index (χ4v) is 2.18. The Kier molecular flexibility index (Phi) is 4.04. The smallest absolute Gasteiger partial charge is 0.356 e. The zero-order valence-corrected chi connectivity index (χ0v) is 12.6. The molecule has 0 atom stereocenters. The second kappa shape index (κ2) is 5.57. The minimum absolute atomic E-state index is 0.250. The van der Waals surface area contributed by atoms with Gasteiger partial charge in [-0.1, -0.05) is 15.9 Å². The molecule has 0 radical (unpaired) electrons. The SMILES string of the molecule is CCOc1cc(C(=O)OC)nc2c(C)c(Br)ccc12. The Morgan fingerprint density at radius 3 is 2.79 bits per heavy atom. The number of halogens is 1. The highest BCUT2D eigenvalue weighted by atomic mass is 79.9. The lowest BCUT2D eigenvalue weighted by atomic mass is 10.1. The summed E-state index contributed by atoms with van der Waals surface area (Å²) < 4.78 is 11.2. The number of methoxy groups -OCH3 is 1. The molecule has 5 heteroatoms. The summed E-state index contributed by atoms with van der Waals surface area (Å²) in [6, 6.07) is 5.48. The Balaban J connectivity index is 2.76. The largest absolute Gasteiger partial charge is 0.493 e. The predicted octanol–water partition coefficient (Wildman–Crippen LogP) is 3.49. The van der Waals surface area contributed by atoms with Crippen molar-refractivity contribution < 1.29 is 14.3 Å². The number of nitrogens with zero attached hydrogens (tertiary/aromatic N) is 1. The predicted molar refractivity (Wildman–Crippen MR) is 76.7 cm³/mol. The van der Waals surface area contributed by atoms with Crippen LogP contribution in [-0.2, 0) is 4.74 Å². The van der Waals surface area contributed by atoms with Crippen LogP contribution in [0.25, 0.3) is 10.9 Å². The van der Waals surface area contributed by atoms with E-state index >= 15 is 0 Å². The normalized spacial score (nSPS) is 10.5. The molecule has 0 spiro atoms. The first-order chi connectivity index (χ1) is 9.08. The van der Waals surface area contributed by atoms with Crippen LogP contribution in [0.1, 0.15) is 23.0 Å². The lowest BCUT2D eigenvalue weighted by Gasteiger charge is -2.11. The average Bonchev–Trinajstić information content (AvgIpc) is 2.42. The van der Waals surface area contributed by atoms with Crippen molar-refractivity contribution in [1.29, 1.82) is 0 Å². The van der Waals surface area contributed by atoms with E-state index in [1.54, 1.807) is 6.07 Å². The number of hydrogen-bond donors (Lipinski definition) is 0. The first-order valence-electron chi connectivity index (χ1n) is 5.89. The maximum absolute atomic E-state index is 11.7. The fraction of sp³-hybridized carbons (Fsp3) is 0.286. The number of carbonyl (C=O) groups excluding carboxylic acids is 1. The minimum atomic E-state index is -0.470. The van der Waals surface area contributed by atoms with E-state index in [2.05, 4.69) is 20.9 Å². The van der Waals surface area contributed by atoms with Crippen molar-refractivity contribution in [3.05, 3.63) is 33.9 Å². The average molecular weight is 324 g/mol. The summed E-state index contributed by atoms with van der Waals surface area (Å²) in [5, 5.41) is 0.884. The lowest BCUT2D eigenvalue weighted by Crippen LogP contribution is -2.06. The summed E-state index contributed by atoms with van der Waals surface area (Å²) in [5.74, 6) is 0.172. The molecule has 0 aliphatic carbocycles. The van der Waals surface area contributed by atoms with Gasteiger partial charge in [0.25, 0.3) is 0 Å². The fourth-order valence-electron chi connectivity index (χ4n) is 1.86. The summed E-state index contributed by atoms with van der Waals surface area (Å²) in [4.78, 5) is 16.0. The van der Waals surface area contributed by atoms with Crippen molar-refractivity contribution >= 4 is 32.8 Å². The third-order valence-corrected chi connectivity index (χ3v) is 3.68. The van der Waals surface area contributed by atoms with Gasteiger partial charge in [-0.15, -0.1) is 0 Å². The molecule has 1 aromatic heterocycles. The van der Waals surface area contributed by atoms with E-state index in [-0.39, 0.29) is 5.69 Å². The van der Waals surface area contributed by atoms with Crippen LogP contribution in [0, 0.1) is 6.92 Å². The number of carbonyl (C=O) groups is 1. The van der Waals surface area contributed by atoms with Crippen LogP contribution in [0.2, 0.25) is 0 Å². The van der Waals surface area contributed by atoms with Crippen molar-refractivity contribution in [1.82, 2.24) is 4.98 Å². The number of rotatable bonds is 3. The standard InChI is InChI=1S/C14H14BrNO3/c1-4-19-12-7-11(14(17)18-3)16-13-8(2)10(15)6-5-9(12)13/h5-7H,4H2,1-3H3. The quantitative estimate of drug-likeness (QED) is 0.811. The molecule has 0 saturated carbocycles. The molecule has 1 aromatic carbocycles. The third kappa shape index (κ3) is 2.56. The highest BCUT2D eigenvalue weighted by molar-refractivity contribution is 9.10. The second-order valence-electron chi connectivity index (χ2n) is 4.00. The van der Waals surface area contributed by atoms with Crippen molar-refractivity contribution in [3.8, 4) is 5.75 Å². The number of aryl methyl sites for hydroxylation is 1. The van der Waals surface area contributed by atoms with Crippen molar-refractivity contribution in [2.24, 2.45) is 0 Å². The Bertz CT molecular complexity index is 640. The van der Waals surface area contributed by atoms with Gasteiger partial charge >= 0.3 is 5.97 Å². The van der Waals surface area contributed by atoms with Gasteiger partial charge in [-0.3, -0.25) is 0 Å². The van der Waals surface area contributed by atoms with E-state index in [0.29, 0.717) is 12.4 Å². The molecule has 100 valence electrons. The van der Waals surface area contributed by atoms with Crippen molar-refractivity contribution in [2.75, 3.05) is 13.7 Å². The Labute approximate surface area is 119 Å². The van der Waals surface area contributed by atoms with Gasteiger partial charge in [-0.05, 0) is 31.5 Å². The number of aromatic nitrogens is 1. The van der Waals surface area contributed by atoms with E-state index in [1.165, 1.54) is 7.11 Å². The van der Waals surface area contributed by atoms with E-state index in [9.17, 15) is 4.79 Å². The highest BCUT2D eigenvalue weighted by Crippen LogP contribution is 2.31. The second-order valence-corrected chi connectivity index (χ2v) is 4.85. The van der Waals surface area contributed by atoms with Crippen LogP contribution in [0.4, 0.5) is 0 Å². The number of pyridine rings is 1. The van der Waals surface area contributed by atoms with Crippen LogP contribution in [0.15, 0.2) is 22.7 Å². The molecule has 0 saturated heterocycles. The zero-order chi connectivity index (χ0) is 14.0.